The van der Waals surface area contributed by atoms with Gasteiger partial charge in [-0.25, -0.2) is 0 Å². The van der Waals surface area contributed by atoms with Crippen molar-refractivity contribution >= 4 is 5.91 Å². The quantitative estimate of drug-likeness (QED) is 0.793. The zero-order valence-electron chi connectivity index (χ0n) is 11.0. The SMILES string of the molecule is CC1CCCCC1(NC1CCCCC1)C(N)=O. The minimum atomic E-state index is -0.416. The van der Waals surface area contributed by atoms with E-state index in [0.717, 1.165) is 19.3 Å². The molecule has 0 heterocycles. The molecule has 0 bridgehead atoms. The Kier molecular flexibility index (Phi) is 4.08. The lowest BCUT2D eigenvalue weighted by Gasteiger charge is -2.44. The fourth-order valence-electron chi connectivity index (χ4n) is 3.61. The van der Waals surface area contributed by atoms with Crippen molar-refractivity contribution in [3.8, 4) is 0 Å². The van der Waals surface area contributed by atoms with Crippen LogP contribution in [-0.4, -0.2) is 17.5 Å². The molecule has 0 radical (unpaired) electrons. The number of carbonyl (C=O) groups is 1. The smallest absolute Gasteiger partial charge is 0.238 e. The highest BCUT2D eigenvalue weighted by atomic mass is 16.1. The third-order valence-electron chi connectivity index (χ3n) is 4.81. The number of hydrogen-bond donors (Lipinski definition) is 2. The van der Waals surface area contributed by atoms with Gasteiger partial charge >= 0.3 is 0 Å². The number of carbonyl (C=O) groups excluding carboxylic acids is 1. The van der Waals surface area contributed by atoms with Crippen LogP contribution in [0.5, 0.6) is 0 Å². The predicted molar refractivity (Wildman–Crippen MR) is 69.6 cm³/mol. The zero-order chi connectivity index (χ0) is 12.3. The van der Waals surface area contributed by atoms with Crippen LogP contribution in [0.4, 0.5) is 0 Å². The lowest BCUT2D eigenvalue weighted by Crippen LogP contribution is -2.63. The molecule has 0 aliphatic heterocycles. The number of hydrogen-bond acceptors (Lipinski definition) is 2. The van der Waals surface area contributed by atoms with Crippen molar-refractivity contribution in [2.24, 2.45) is 11.7 Å². The summed E-state index contributed by atoms with van der Waals surface area (Å²) < 4.78 is 0. The molecule has 0 aromatic rings. The summed E-state index contributed by atoms with van der Waals surface area (Å²) in [6.07, 6.45) is 10.8. The van der Waals surface area contributed by atoms with E-state index in [2.05, 4.69) is 12.2 Å². The topological polar surface area (TPSA) is 55.1 Å². The Morgan fingerprint density at radius 1 is 1.12 bits per heavy atom. The van der Waals surface area contributed by atoms with E-state index < -0.39 is 5.54 Å². The van der Waals surface area contributed by atoms with Crippen LogP contribution in [0.2, 0.25) is 0 Å². The average molecular weight is 238 g/mol. The summed E-state index contributed by atoms with van der Waals surface area (Å²) in [6, 6.07) is 0.511. The largest absolute Gasteiger partial charge is 0.368 e. The first-order valence-corrected chi connectivity index (χ1v) is 7.23. The van der Waals surface area contributed by atoms with Gasteiger partial charge < -0.3 is 11.1 Å². The molecule has 2 saturated carbocycles. The maximum atomic E-state index is 11.9. The molecule has 2 atom stereocenters. The van der Waals surface area contributed by atoms with Gasteiger partial charge in [-0.1, -0.05) is 39.0 Å². The molecule has 3 nitrogen and oxygen atoms in total. The summed E-state index contributed by atoms with van der Waals surface area (Å²) in [7, 11) is 0. The molecular weight excluding hydrogens is 212 g/mol. The standard InChI is InChI=1S/C14H26N2O/c1-11-7-5-6-10-14(11,13(15)17)16-12-8-3-2-4-9-12/h11-12,16H,2-10H2,1H3,(H2,15,17). The molecule has 0 aromatic heterocycles. The van der Waals surface area contributed by atoms with Crippen LogP contribution in [0.15, 0.2) is 0 Å². The molecule has 17 heavy (non-hydrogen) atoms. The molecule has 2 aliphatic rings. The second-order valence-corrected chi connectivity index (χ2v) is 5.96. The molecule has 2 aliphatic carbocycles. The lowest BCUT2D eigenvalue weighted by atomic mass is 9.72. The molecule has 0 spiro atoms. The lowest BCUT2D eigenvalue weighted by molar-refractivity contribution is -0.128. The summed E-state index contributed by atoms with van der Waals surface area (Å²) in [6.45, 7) is 2.18. The van der Waals surface area contributed by atoms with Gasteiger partial charge in [0.1, 0.15) is 5.54 Å². The Morgan fingerprint density at radius 2 is 1.76 bits per heavy atom. The second kappa shape index (κ2) is 5.38. The molecular formula is C14H26N2O. The van der Waals surface area contributed by atoms with Crippen LogP contribution < -0.4 is 11.1 Å². The van der Waals surface area contributed by atoms with Crippen molar-refractivity contribution in [2.75, 3.05) is 0 Å². The molecule has 0 saturated heterocycles. The zero-order valence-corrected chi connectivity index (χ0v) is 11.0. The number of rotatable bonds is 3. The van der Waals surface area contributed by atoms with Gasteiger partial charge in [0, 0.05) is 6.04 Å². The molecule has 3 N–H and O–H groups in total. The Bertz CT molecular complexity index is 273. The van der Waals surface area contributed by atoms with Crippen molar-refractivity contribution in [1.82, 2.24) is 5.32 Å². The highest BCUT2D eigenvalue weighted by Crippen LogP contribution is 2.35. The predicted octanol–water partition coefficient (Wildman–Crippen LogP) is 2.34. The maximum absolute atomic E-state index is 11.9. The van der Waals surface area contributed by atoms with Gasteiger partial charge in [-0.3, -0.25) is 4.79 Å². The van der Waals surface area contributed by atoms with Gasteiger partial charge in [-0.05, 0) is 31.6 Å². The highest BCUT2D eigenvalue weighted by Gasteiger charge is 2.44. The fourth-order valence-corrected chi connectivity index (χ4v) is 3.61. The van der Waals surface area contributed by atoms with Crippen LogP contribution in [0, 0.1) is 5.92 Å². The van der Waals surface area contributed by atoms with E-state index in [0.29, 0.717) is 12.0 Å². The maximum Gasteiger partial charge on any atom is 0.238 e. The highest BCUT2D eigenvalue weighted by molar-refractivity contribution is 5.85. The van der Waals surface area contributed by atoms with E-state index in [9.17, 15) is 4.79 Å². The number of amides is 1. The molecule has 1 amide bonds. The fraction of sp³-hybridized carbons (Fsp3) is 0.929. The third-order valence-corrected chi connectivity index (χ3v) is 4.81. The molecule has 98 valence electrons. The number of nitrogens with two attached hydrogens (primary N) is 1. The van der Waals surface area contributed by atoms with Crippen LogP contribution in [-0.2, 0) is 4.79 Å². The summed E-state index contributed by atoms with van der Waals surface area (Å²) >= 11 is 0. The molecule has 2 unspecified atom stereocenters. The number of primary amides is 1. The van der Waals surface area contributed by atoms with Crippen LogP contribution in [0.25, 0.3) is 0 Å². The van der Waals surface area contributed by atoms with Gasteiger partial charge in [0.25, 0.3) is 0 Å². The van der Waals surface area contributed by atoms with Crippen molar-refractivity contribution in [1.29, 1.82) is 0 Å². The molecule has 2 rings (SSSR count). The van der Waals surface area contributed by atoms with E-state index in [-0.39, 0.29) is 5.91 Å². The Labute approximate surface area is 105 Å². The monoisotopic (exact) mass is 238 g/mol. The van der Waals surface area contributed by atoms with E-state index >= 15 is 0 Å². The summed E-state index contributed by atoms with van der Waals surface area (Å²) in [5.74, 6) is 0.256. The van der Waals surface area contributed by atoms with Crippen LogP contribution in [0.3, 0.4) is 0 Å². The molecule has 3 heteroatoms. The minimum absolute atomic E-state index is 0.129. The van der Waals surface area contributed by atoms with E-state index in [1.54, 1.807) is 0 Å². The van der Waals surface area contributed by atoms with Gasteiger partial charge in [-0.15, -0.1) is 0 Å². The van der Waals surface area contributed by atoms with E-state index in [1.165, 1.54) is 38.5 Å². The first kappa shape index (κ1) is 12.9. The van der Waals surface area contributed by atoms with E-state index in [4.69, 9.17) is 5.73 Å². The average Bonchev–Trinajstić information content (AvgIpc) is 2.33. The van der Waals surface area contributed by atoms with Gasteiger partial charge in [0.2, 0.25) is 5.91 Å². The van der Waals surface area contributed by atoms with Gasteiger partial charge in [-0.2, -0.15) is 0 Å². The Balaban J connectivity index is 2.07. The van der Waals surface area contributed by atoms with Crippen molar-refractivity contribution in [2.45, 2.75) is 76.3 Å². The van der Waals surface area contributed by atoms with E-state index in [1.807, 2.05) is 0 Å². The summed E-state index contributed by atoms with van der Waals surface area (Å²) in [5, 5.41) is 3.65. The first-order valence-electron chi connectivity index (χ1n) is 7.23. The van der Waals surface area contributed by atoms with Crippen LogP contribution in [0.1, 0.15) is 64.7 Å². The van der Waals surface area contributed by atoms with Crippen molar-refractivity contribution in [3.05, 3.63) is 0 Å². The third kappa shape index (κ3) is 2.65. The van der Waals surface area contributed by atoms with Crippen molar-refractivity contribution in [3.63, 3.8) is 0 Å². The first-order chi connectivity index (χ1) is 8.15. The Morgan fingerprint density at radius 3 is 2.35 bits per heavy atom. The summed E-state index contributed by atoms with van der Waals surface area (Å²) in [4.78, 5) is 11.9. The van der Waals surface area contributed by atoms with Gasteiger partial charge in [0.15, 0.2) is 0 Å². The summed E-state index contributed by atoms with van der Waals surface area (Å²) in [5.41, 5.74) is 5.29. The second-order valence-electron chi connectivity index (χ2n) is 5.96. The number of nitrogens with one attached hydrogen (secondary N) is 1. The van der Waals surface area contributed by atoms with Crippen molar-refractivity contribution < 1.29 is 4.79 Å². The molecule has 2 fully saturated rings. The van der Waals surface area contributed by atoms with Crippen LogP contribution >= 0.6 is 0 Å². The normalized spacial score (nSPS) is 35.7. The molecule has 0 aromatic carbocycles. The minimum Gasteiger partial charge on any atom is -0.368 e. The van der Waals surface area contributed by atoms with Gasteiger partial charge in [0.05, 0.1) is 0 Å². The Hall–Kier alpha value is -0.570.